The first-order chi connectivity index (χ1) is 16.6. The van der Waals surface area contributed by atoms with Gasteiger partial charge in [-0.1, -0.05) is 12.1 Å². The van der Waals surface area contributed by atoms with Crippen molar-refractivity contribution >= 4 is 33.3 Å². The van der Waals surface area contributed by atoms with E-state index in [4.69, 9.17) is 12.3 Å². The van der Waals surface area contributed by atoms with E-state index in [1.165, 1.54) is 10.6 Å². The minimum Gasteiger partial charge on any atom is -0.366 e. The minimum atomic E-state index is -3.30. The van der Waals surface area contributed by atoms with Gasteiger partial charge in [0.05, 0.1) is 36.2 Å². The number of sulfonamides is 1. The van der Waals surface area contributed by atoms with Crippen LogP contribution in [0.15, 0.2) is 24.3 Å². The number of hydrogen-bond acceptors (Lipinski definition) is 5. The van der Waals surface area contributed by atoms with E-state index in [-0.39, 0.29) is 29.6 Å². The molecule has 1 fully saturated rings. The van der Waals surface area contributed by atoms with Gasteiger partial charge in [-0.2, -0.15) is 5.26 Å². The molecular formula is C23H25N7O4S. The largest absolute Gasteiger partial charge is 0.366 e. The van der Waals surface area contributed by atoms with Crippen LogP contribution >= 0.6 is 0 Å². The Bertz CT molecular complexity index is 1360. The maximum absolute atomic E-state index is 12.9. The van der Waals surface area contributed by atoms with Gasteiger partial charge in [-0.15, -0.1) is 0 Å². The maximum atomic E-state index is 12.9. The lowest BCUT2D eigenvalue weighted by molar-refractivity contribution is 0.0996. The highest BCUT2D eigenvalue weighted by atomic mass is 32.2. The number of rotatable bonds is 4. The molecule has 0 aliphatic carbocycles. The number of carbonyl (C=O) groups excluding carboxylic acids is 2. The molecule has 0 bridgehead atoms. The van der Waals surface area contributed by atoms with E-state index in [0.717, 1.165) is 0 Å². The molecule has 1 aromatic carbocycles. The van der Waals surface area contributed by atoms with E-state index < -0.39 is 15.9 Å². The lowest BCUT2D eigenvalue weighted by atomic mass is 9.91. The summed E-state index contributed by atoms with van der Waals surface area (Å²) in [5.41, 5.74) is 8.21. The third-order valence-electron chi connectivity index (χ3n) is 6.55. The molecule has 182 valence electrons. The van der Waals surface area contributed by atoms with Crippen molar-refractivity contribution in [1.82, 2.24) is 13.8 Å². The highest BCUT2D eigenvalue weighted by molar-refractivity contribution is 7.88. The summed E-state index contributed by atoms with van der Waals surface area (Å²) in [6, 6.07) is 8.26. The molecule has 3 amide bonds. The van der Waals surface area contributed by atoms with E-state index in [0.29, 0.717) is 61.8 Å². The van der Waals surface area contributed by atoms with Gasteiger partial charge in [-0.3, -0.25) is 4.79 Å². The predicted molar refractivity (Wildman–Crippen MR) is 128 cm³/mol. The minimum absolute atomic E-state index is 0.0983. The van der Waals surface area contributed by atoms with Crippen molar-refractivity contribution in [2.75, 3.05) is 31.2 Å². The predicted octanol–water partition coefficient (Wildman–Crippen LogP) is 2.20. The van der Waals surface area contributed by atoms with Crippen LogP contribution in [0, 0.1) is 17.9 Å². The molecule has 2 aromatic rings. The first-order valence-electron chi connectivity index (χ1n) is 11.1. The lowest BCUT2D eigenvalue weighted by Gasteiger charge is -2.34. The van der Waals surface area contributed by atoms with Gasteiger partial charge in [-0.05, 0) is 25.0 Å². The molecule has 0 radical (unpaired) electrons. The first kappa shape index (κ1) is 24.3. The maximum Gasteiger partial charge on any atom is 0.322 e. The number of nitrogens with one attached hydrogen (secondary N) is 1. The highest BCUT2D eigenvalue weighted by Gasteiger charge is 2.36. The number of fused-ring (bicyclic) bond motifs is 1. The van der Waals surface area contributed by atoms with Crippen LogP contribution in [0.5, 0.6) is 0 Å². The van der Waals surface area contributed by atoms with Crippen molar-refractivity contribution in [3.63, 3.8) is 0 Å². The second-order valence-corrected chi connectivity index (χ2v) is 10.6. The van der Waals surface area contributed by atoms with E-state index in [2.05, 4.69) is 16.2 Å². The Morgan fingerprint density at radius 1 is 1.17 bits per heavy atom. The molecule has 11 nitrogen and oxygen atoms in total. The molecule has 0 saturated carbocycles. The number of anilines is 1. The summed E-state index contributed by atoms with van der Waals surface area (Å²) in [4.78, 5) is 30.2. The van der Waals surface area contributed by atoms with Gasteiger partial charge in [0.2, 0.25) is 10.0 Å². The molecule has 0 unspecified atom stereocenters. The van der Waals surface area contributed by atoms with E-state index in [1.54, 1.807) is 29.2 Å². The zero-order valence-electron chi connectivity index (χ0n) is 19.2. The zero-order chi connectivity index (χ0) is 25.3. The number of hydrogen-bond donors (Lipinski definition) is 2. The van der Waals surface area contributed by atoms with Crippen molar-refractivity contribution < 1.29 is 18.0 Å². The topological polar surface area (TPSA) is 146 Å². The molecule has 1 saturated heterocycles. The van der Waals surface area contributed by atoms with Gasteiger partial charge >= 0.3 is 6.03 Å². The molecule has 4 rings (SSSR count). The summed E-state index contributed by atoms with van der Waals surface area (Å²) >= 11 is 0. The number of piperidine rings is 1. The monoisotopic (exact) mass is 495 g/mol. The van der Waals surface area contributed by atoms with E-state index >= 15 is 0 Å². The number of aromatic nitrogens is 1. The van der Waals surface area contributed by atoms with E-state index in [1.807, 2.05) is 4.57 Å². The second kappa shape index (κ2) is 9.41. The van der Waals surface area contributed by atoms with Gasteiger partial charge in [0.1, 0.15) is 6.07 Å². The van der Waals surface area contributed by atoms with Crippen LogP contribution in [-0.4, -0.2) is 60.0 Å². The Kier molecular flexibility index (Phi) is 6.52. The van der Waals surface area contributed by atoms with Crippen molar-refractivity contribution in [2.24, 2.45) is 5.73 Å². The van der Waals surface area contributed by atoms with Gasteiger partial charge in [0.25, 0.3) is 5.91 Å². The highest BCUT2D eigenvalue weighted by Crippen LogP contribution is 2.37. The van der Waals surface area contributed by atoms with Crippen molar-refractivity contribution in [3.05, 3.63) is 58.2 Å². The zero-order valence-corrected chi connectivity index (χ0v) is 20.0. The Morgan fingerprint density at radius 2 is 1.83 bits per heavy atom. The number of urea groups is 1. The molecule has 1 aromatic heterocycles. The summed E-state index contributed by atoms with van der Waals surface area (Å²) in [5.74, 6) is -0.835. The summed E-state index contributed by atoms with van der Waals surface area (Å²) < 4.78 is 27.1. The van der Waals surface area contributed by atoms with Gasteiger partial charge in [-0.25, -0.2) is 22.4 Å². The molecule has 12 heteroatoms. The number of primary amides is 1. The van der Waals surface area contributed by atoms with Crippen LogP contribution in [0.1, 0.15) is 46.1 Å². The molecule has 0 spiro atoms. The number of nitriles is 1. The third-order valence-corrected chi connectivity index (χ3v) is 7.85. The summed E-state index contributed by atoms with van der Waals surface area (Å²) in [5, 5.41) is 12.7. The van der Waals surface area contributed by atoms with Crippen LogP contribution in [0.2, 0.25) is 0 Å². The van der Waals surface area contributed by atoms with Gasteiger partial charge < -0.3 is 20.5 Å². The second-order valence-electron chi connectivity index (χ2n) is 8.66. The standard InChI is InChI=1S/C23H25N7O4S/c1-26-16-3-5-17(6-4-16)27-23(32)28-11-12-30-19(14-28)20(22(25)31)18(13-24)21(30)15-7-9-29(10-8-15)35(2,33)34/h3-6,15H,7-12,14H2,2H3,(H2,25,31)(H,27,32). The summed E-state index contributed by atoms with van der Waals surface area (Å²) in [6.45, 7) is 8.52. The Morgan fingerprint density at radius 3 is 2.37 bits per heavy atom. The Balaban J connectivity index is 1.60. The van der Waals surface area contributed by atoms with Gasteiger partial charge in [0.15, 0.2) is 5.69 Å². The fourth-order valence-electron chi connectivity index (χ4n) is 4.85. The van der Waals surface area contributed by atoms with Gasteiger partial charge in [0, 0.05) is 43.5 Å². The molecule has 3 heterocycles. The van der Waals surface area contributed by atoms with Crippen molar-refractivity contribution in [3.8, 4) is 6.07 Å². The average molecular weight is 496 g/mol. The number of nitrogens with two attached hydrogens (primary N) is 1. The Labute approximate surface area is 203 Å². The molecule has 35 heavy (non-hydrogen) atoms. The third kappa shape index (κ3) is 4.71. The summed E-state index contributed by atoms with van der Waals surface area (Å²) in [6.07, 6.45) is 2.22. The summed E-state index contributed by atoms with van der Waals surface area (Å²) in [7, 11) is -3.30. The number of carbonyl (C=O) groups is 2. The van der Waals surface area contributed by atoms with Crippen LogP contribution in [0.25, 0.3) is 4.85 Å². The van der Waals surface area contributed by atoms with Crippen LogP contribution in [-0.2, 0) is 23.1 Å². The van der Waals surface area contributed by atoms with Crippen molar-refractivity contribution in [1.29, 1.82) is 5.26 Å². The number of nitrogens with zero attached hydrogens (tertiary/aromatic N) is 5. The fraction of sp³-hybridized carbons (Fsp3) is 0.391. The normalized spacial score (nSPS) is 16.7. The Hall–Kier alpha value is -3.87. The smallest absolute Gasteiger partial charge is 0.322 e. The molecule has 2 aliphatic rings. The average Bonchev–Trinajstić information content (AvgIpc) is 3.17. The fourth-order valence-corrected chi connectivity index (χ4v) is 5.72. The van der Waals surface area contributed by atoms with Crippen LogP contribution < -0.4 is 11.1 Å². The first-order valence-corrected chi connectivity index (χ1v) is 12.9. The lowest BCUT2D eigenvalue weighted by Crippen LogP contribution is -2.42. The van der Waals surface area contributed by atoms with Crippen molar-refractivity contribution in [2.45, 2.75) is 31.8 Å². The quantitative estimate of drug-likeness (QED) is 0.625. The molecular weight excluding hydrogens is 470 g/mol. The molecule has 2 aliphatic heterocycles. The van der Waals surface area contributed by atoms with Crippen LogP contribution in [0.4, 0.5) is 16.2 Å². The van der Waals surface area contributed by atoms with E-state index in [9.17, 15) is 23.3 Å². The SMILES string of the molecule is [C-]#[N+]c1ccc(NC(=O)N2CCn3c(c(C(N)=O)c(C#N)c3C3CCN(S(C)(=O)=O)CC3)C2)cc1. The molecule has 0 atom stereocenters. The molecule has 3 N–H and O–H groups in total. The number of amides is 3. The van der Waals surface area contributed by atoms with Crippen LogP contribution in [0.3, 0.4) is 0 Å². The number of benzene rings is 1.